The molecule has 1 aliphatic heterocycles. The predicted molar refractivity (Wildman–Crippen MR) is 102 cm³/mol. The summed E-state index contributed by atoms with van der Waals surface area (Å²) in [6, 6.07) is 2.72. The van der Waals surface area contributed by atoms with Crippen LogP contribution in [0, 0.1) is 11.6 Å². The van der Waals surface area contributed by atoms with E-state index >= 15 is 0 Å². The molecule has 1 heterocycles. The first-order valence-electron chi connectivity index (χ1n) is 9.20. The fourth-order valence-corrected chi connectivity index (χ4v) is 4.08. The normalized spacial score (nSPS) is 23.5. The number of piperazine rings is 1. The molecule has 4 rings (SSSR count). The zero-order valence-corrected chi connectivity index (χ0v) is 15.4. The first-order valence-corrected chi connectivity index (χ1v) is 9.20. The van der Waals surface area contributed by atoms with Crippen LogP contribution in [0.15, 0.2) is 53.8 Å². The van der Waals surface area contributed by atoms with Gasteiger partial charge in [0.15, 0.2) is 11.6 Å². The third kappa shape index (κ3) is 2.92. The Balaban J connectivity index is 1.82. The van der Waals surface area contributed by atoms with Crippen LogP contribution in [0.4, 0.5) is 8.78 Å². The van der Waals surface area contributed by atoms with E-state index in [2.05, 4.69) is 42.5 Å². The zero-order chi connectivity index (χ0) is 18.4. The molecule has 1 aromatic rings. The van der Waals surface area contributed by atoms with E-state index in [1.165, 1.54) is 17.8 Å². The molecule has 4 heteroatoms. The summed E-state index contributed by atoms with van der Waals surface area (Å²) < 4.78 is 27.9. The molecule has 0 bridgehead atoms. The van der Waals surface area contributed by atoms with Gasteiger partial charge in [0.25, 0.3) is 0 Å². The summed E-state index contributed by atoms with van der Waals surface area (Å²) in [6.07, 6.45) is 7.13. The number of rotatable bonds is 1. The number of halogens is 2. The summed E-state index contributed by atoms with van der Waals surface area (Å²) in [4.78, 5) is 4.74. The minimum Gasteiger partial charge on any atom is -0.369 e. The fraction of sp³-hybridized carbons (Fsp3) is 0.364. The van der Waals surface area contributed by atoms with Crippen LogP contribution in [-0.2, 0) is 0 Å². The SMILES string of the molecule is C=C1C=C2C(=C1)c1cc(F)c(F)cc1C(C)CC=C2N1CCN(C)CC1. The van der Waals surface area contributed by atoms with Gasteiger partial charge in [0.2, 0.25) is 0 Å². The summed E-state index contributed by atoms with van der Waals surface area (Å²) in [5.74, 6) is -1.44. The number of nitrogens with zero attached hydrogens (tertiary/aromatic N) is 2. The third-order valence-electron chi connectivity index (χ3n) is 5.65. The smallest absolute Gasteiger partial charge is 0.159 e. The molecule has 1 atom stereocenters. The van der Waals surface area contributed by atoms with Crippen molar-refractivity contribution in [2.75, 3.05) is 33.2 Å². The minimum absolute atomic E-state index is 0.124. The first kappa shape index (κ1) is 17.2. The number of hydrogen-bond acceptors (Lipinski definition) is 2. The van der Waals surface area contributed by atoms with Crippen molar-refractivity contribution in [3.8, 4) is 0 Å². The Hall–Kier alpha value is -2.20. The van der Waals surface area contributed by atoms with Gasteiger partial charge >= 0.3 is 0 Å². The van der Waals surface area contributed by atoms with Gasteiger partial charge in [-0.15, -0.1) is 0 Å². The van der Waals surface area contributed by atoms with Crippen molar-refractivity contribution < 1.29 is 8.78 Å². The Morgan fingerprint density at radius 2 is 1.65 bits per heavy atom. The van der Waals surface area contributed by atoms with E-state index < -0.39 is 11.6 Å². The minimum atomic E-state index is -0.792. The van der Waals surface area contributed by atoms with Gasteiger partial charge in [-0.1, -0.05) is 19.6 Å². The lowest BCUT2D eigenvalue weighted by atomic mass is 9.83. The second-order valence-corrected chi connectivity index (χ2v) is 7.56. The highest BCUT2D eigenvalue weighted by Crippen LogP contribution is 2.43. The standard InChI is InChI=1S/C22H24F2N2/c1-14-10-17-18-13-21(24)20(23)12-16(18)15(2)4-5-22(19(17)11-14)26-8-6-25(3)7-9-26/h5,10-13,15H,1,4,6-9H2,2-3H3. The number of fused-ring (bicyclic) bond motifs is 3. The predicted octanol–water partition coefficient (Wildman–Crippen LogP) is 4.48. The number of likely N-dealkylation sites (N-methyl/N-ethyl adjacent to an activating group) is 1. The molecule has 136 valence electrons. The molecule has 2 aliphatic carbocycles. The van der Waals surface area contributed by atoms with Crippen LogP contribution in [-0.4, -0.2) is 43.0 Å². The van der Waals surface area contributed by atoms with Crippen molar-refractivity contribution in [3.63, 3.8) is 0 Å². The molecule has 0 radical (unpaired) electrons. The first-order chi connectivity index (χ1) is 12.4. The summed E-state index contributed by atoms with van der Waals surface area (Å²) in [5.41, 5.74) is 5.80. The third-order valence-corrected chi connectivity index (χ3v) is 5.65. The molecule has 1 unspecified atom stereocenters. The van der Waals surface area contributed by atoms with Crippen LogP contribution >= 0.6 is 0 Å². The van der Waals surface area contributed by atoms with E-state index in [0.29, 0.717) is 0 Å². The second kappa shape index (κ2) is 6.51. The van der Waals surface area contributed by atoms with Gasteiger partial charge in [-0.05, 0) is 65.9 Å². The molecular weight excluding hydrogens is 330 g/mol. The molecule has 0 amide bonds. The maximum atomic E-state index is 14.0. The highest BCUT2D eigenvalue weighted by molar-refractivity contribution is 5.91. The summed E-state index contributed by atoms with van der Waals surface area (Å²) >= 11 is 0. The summed E-state index contributed by atoms with van der Waals surface area (Å²) in [6.45, 7) is 10.2. The van der Waals surface area contributed by atoms with E-state index in [1.807, 2.05) is 6.08 Å². The second-order valence-electron chi connectivity index (χ2n) is 7.56. The monoisotopic (exact) mass is 354 g/mol. The van der Waals surface area contributed by atoms with E-state index in [0.717, 1.165) is 60.4 Å². The van der Waals surface area contributed by atoms with Crippen LogP contribution in [0.1, 0.15) is 30.4 Å². The Morgan fingerprint density at radius 3 is 2.38 bits per heavy atom. The van der Waals surface area contributed by atoms with Crippen LogP contribution in [0.5, 0.6) is 0 Å². The molecule has 26 heavy (non-hydrogen) atoms. The fourth-order valence-electron chi connectivity index (χ4n) is 4.08. The molecule has 1 aromatic carbocycles. The van der Waals surface area contributed by atoms with Crippen LogP contribution in [0.25, 0.3) is 5.57 Å². The quantitative estimate of drug-likeness (QED) is 0.733. The van der Waals surface area contributed by atoms with Crippen molar-refractivity contribution in [1.29, 1.82) is 0 Å². The maximum Gasteiger partial charge on any atom is 0.159 e. The highest BCUT2D eigenvalue weighted by atomic mass is 19.2. The Kier molecular flexibility index (Phi) is 4.31. The van der Waals surface area contributed by atoms with Crippen molar-refractivity contribution in [2.24, 2.45) is 0 Å². The topological polar surface area (TPSA) is 6.48 Å². The van der Waals surface area contributed by atoms with Crippen LogP contribution in [0.3, 0.4) is 0 Å². The van der Waals surface area contributed by atoms with Crippen molar-refractivity contribution in [3.05, 3.63) is 76.5 Å². The largest absolute Gasteiger partial charge is 0.369 e. The van der Waals surface area contributed by atoms with Gasteiger partial charge in [-0.25, -0.2) is 8.78 Å². The molecule has 0 aromatic heterocycles. The van der Waals surface area contributed by atoms with Gasteiger partial charge < -0.3 is 9.80 Å². The van der Waals surface area contributed by atoms with Gasteiger partial charge in [0.1, 0.15) is 0 Å². The van der Waals surface area contributed by atoms with Gasteiger partial charge in [-0.3, -0.25) is 0 Å². The molecule has 1 fully saturated rings. The van der Waals surface area contributed by atoms with Crippen molar-refractivity contribution in [2.45, 2.75) is 19.3 Å². The molecule has 1 saturated heterocycles. The van der Waals surface area contributed by atoms with E-state index in [4.69, 9.17) is 0 Å². The van der Waals surface area contributed by atoms with Crippen molar-refractivity contribution >= 4 is 5.57 Å². The lowest BCUT2D eigenvalue weighted by Gasteiger charge is -2.37. The van der Waals surface area contributed by atoms with Crippen LogP contribution in [0.2, 0.25) is 0 Å². The van der Waals surface area contributed by atoms with Crippen molar-refractivity contribution in [1.82, 2.24) is 9.80 Å². The van der Waals surface area contributed by atoms with Gasteiger partial charge in [0, 0.05) is 37.4 Å². The average Bonchev–Trinajstić information content (AvgIpc) is 2.98. The molecule has 0 N–H and O–H groups in total. The zero-order valence-electron chi connectivity index (χ0n) is 15.4. The number of benzene rings is 1. The molecule has 0 saturated carbocycles. The summed E-state index contributed by atoms with van der Waals surface area (Å²) in [7, 11) is 2.14. The average molecular weight is 354 g/mol. The summed E-state index contributed by atoms with van der Waals surface area (Å²) in [5, 5.41) is 0. The van der Waals surface area contributed by atoms with E-state index in [-0.39, 0.29) is 5.92 Å². The number of hydrogen-bond donors (Lipinski definition) is 0. The molecule has 3 aliphatic rings. The van der Waals surface area contributed by atoms with E-state index in [1.54, 1.807) is 0 Å². The molecular formula is C22H24F2N2. The van der Waals surface area contributed by atoms with Crippen LogP contribution < -0.4 is 0 Å². The Bertz CT molecular complexity index is 855. The number of allylic oxidation sites excluding steroid dienone is 5. The van der Waals surface area contributed by atoms with Gasteiger partial charge in [-0.2, -0.15) is 0 Å². The lowest BCUT2D eigenvalue weighted by Crippen LogP contribution is -2.44. The maximum absolute atomic E-state index is 14.0. The molecule has 2 nitrogen and oxygen atoms in total. The van der Waals surface area contributed by atoms with Gasteiger partial charge in [0.05, 0.1) is 0 Å². The lowest BCUT2D eigenvalue weighted by molar-refractivity contribution is 0.189. The highest BCUT2D eigenvalue weighted by Gasteiger charge is 2.29. The Labute approximate surface area is 153 Å². The Morgan fingerprint density at radius 1 is 1.00 bits per heavy atom. The van der Waals surface area contributed by atoms with E-state index in [9.17, 15) is 8.78 Å². The molecule has 0 spiro atoms.